The fraction of sp³-hybridized carbons (Fsp3) is 0.643. The minimum absolute atomic E-state index is 0.0159. The third-order valence-electron chi connectivity index (χ3n) is 3.41. The van der Waals surface area contributed by atoms with Gasteiger partial charge in [0.15, 0.2) is 0 Å². The van der Waals surface area contributed by atoms with E-state index in [9.17, 15) is 9.59 Å². The number of carbonyl (C=O) groups excluding carboxylic acids is 1. The first-order valence-electron chi connectivity index (χ1n) is 6.78. The number of nitrogens with zero attached hydrogens (tertiary/aromatic N) is 2. The summed E-state index contributed by atoms with van der Waals surface area (Å²) in [6.07, 6.45) is 1.64. The van der Waals surface area contributed by atoms with E-state index in [1.807, 2.05) is 0 Å². The second-order valence-corrected chi connectivity index (χ2v) is 7.04. The van der Waals surface area contributed by atoms with Gasteiger partial charge in [-0.3, -0.25) is 9.59 Å². The molecule has 0 saturated carbocycles. The molecule has 6 heteroatoms. The molecular weight excluding hydrogens is 276 g/mol. The highest BCUT2D eigenvalue weighted by atomic mass is 32.1. The highest BCUT2D eigenvalue weighted by Crippen LogP contribution is 2.28. The molecule has 0 bridgehead atoms. The van der Waals surface area contributed by atoms with E-state index in [4.69, 9.17) is 5.11 Å². The molecule has 1 aromatic heterocycles. The summed E-state index contributed by atoms with van der Waals surface area (Å²) >= 11 is 1.48. The first-order chi connectivity index (χ1) is 9.29. The summed E-state index contributed by atoms with van der Waals surface area (Å²) in [6, 6.07) is -0.195. The van der Waals surface area contributed by atoms with Crippen molar-refractivity contribution in [3.8, 4) is 0 Å². The van der Waals surface area contributed by atoms with Crippen LogP contribution in [0.25, 0.3) is 0 Å². The zero-order chi connectivity index (χ0) is 14.9. The van der Waals surface area contributed by atoms with Gasteiger partial charge in [0, 0.05) is 23.4 Å². The van der Waals surface area contributed by atoms with Gasteiger partial charge in [0.05, 0.1) is 11.4 Å². The molecule has 0 spiro atoms. The number of hydrogen-bond donors (Lipinski definition) is 1. The third-order valence-corrected chi connectivity index (χ3v) is 4.68. The molecule has 2 heterocycles. The van der Waals surface area contributed by atoms with Crippen LogP contribution in [0.15, 0.2) is 5.38 Å². The molecule has 1 saturated heterocycles. The highest BCUT2D eigenvalue weighted by Gasteiger charge is 2.32. The lowest BCUT2D eigenvalue weighted by molar-refractivity contribution is -0.137. The van der Waals surface area contributed by atoms with Crippen molar-refractivity contribution >= 4 is 23.2 Å². The van der Waals surface area contributed by atoms with Gasteiger partial charge in [0.2, 0.25) is 0 Å². The standard InChI is InChI=1S/C14H20N2O3S/c1-14(2,3)13-15-10(8-20-13)12(19)16-6-4-5-9(16)7-11(17)18/h8-9H,4-7H2,1-3H3,(H,17,18). The SMILES string of the molecule is CC(C)(C)c1nc(C(=O)N2CCCC2CC(=O)O)cs1. The Morgan fingerprint density at radius 2 is 2.20 bits per heavy atom. The molecule has 0 aromatic carbocycles. The Morgan fingerprint density at radius 3 is 2.75 bits per heavy atom. The zero-order valence-electron chi connectivity index (χ0n) is 12.0. The van der Waals surface area contributed by atoms with Crippen molar-refractivity contribution in [1.29, 1.82) is 0 Å². The Kier molecular flexibility index (Phi) is 4.13. The topological polar surface area (TPSA) is 70.5 Å². The van der Waals surface area contributed by atoms with Gasteiger partial charge in [-0.15, -0.1) is 11.3 Å². The smallest absolute Gasteiger partial charge is 0.305 e. The number of carboxylic acid groups (broad SMARTS) is 1. The molecule has 1 fully saturated rings. The Balaban J connectivity index is 2.14. The van der Waals surface area contributed by atoms with Crippen LogP contribution in [0.1, 0.15) is 55.5 Å². The van der Waals surface area contributed by atoms with E-state index in [0.717, 1.165) is 17.8 Å². The largest absolute Gasteiger partial charge is 0.481 e. The Labute approximate surface area is 122 Å². The number of rotatable bonds is 3. The monoisotopic (exact) mass is 296 g/mol. The highest BCUT2D eigenvalue weighted by molar-refractivity contribution is 7.10. The first kappa shape index (κ1) is 15.0. The van der Waals surface area contributed by atoms with Crippen molar-refractivity contribution in [2.75, 3.05) is 6.54 Å². The third kappa shape index (κ3) is 3.17. The predicted octanol–water partition coefficient (Wildman–Crippen LogP) is 2.52. The molecule has 0 aliphatic carbocycles. The average molecular weight is 296 g/mol. The number of carboxylic acids is 1. The second kappa shape index (κ2) is 5.52. The molecule has 1 aromatic rings. The van der Waals surface area contributed by atoms with Gasteiger partial charge in [-0.1, -0.05) is 20.8 Å². The quantitative estimate of drug-likeness (QED) is 0.930. The molecule has 0 radical (unpaired) electrons. The van der Waals surface area contributed by atoms with E-state index in [-0.39, 0.29) is 23.8 Å². The molecule has 20 heavy (non-hydrogen) atoms. The molecule has 5 nitrogen and oxygen atoms in total. The van der Waals surface area contributed by atoms with E-state index in [1.54, 1.807) is 10.3 Å². The van der Waals surface area contributed by atoms with E-state index >= 15 is 0 Å². The van der Waals surface area contributed by atoms with Crippen LogP contribution in [0.5, 0.6) is 0 Å². The van der Waals surface area contributed by atoms with Crippen LogP contribution < -0.4 is 0 Å². The van der Waals surface area contributed by atoms with Crippen molar-refractivity contribution in [1.82, 2.24) is 9.88 Å². The van der Waals surface area contributed by atoms with Gasteiger partial charge in [-0.25, -0.2) is 4.98 Å². The first-order valence-corrected chi connectivity index (χ1v) is 7.66. The van der Waals surface area contributed by atoms with Crippen LogP contribution in [0.2, 0.25) is 0 Å². The van der Waals surface area contributed by atoms with Crippen molar-refractivity contribution in [3.05, 3.63) is 16.1 Å². The summed E-state index contributed by atoms with van der Waals surface area (Å²) < 4.78 is 0. The van der Waals surface area contributed by atoms with Crippen molar-refractivity contribution in [3.63, 3.8) is 0 Å². The van der Waals surface area contributed by atoms with Crippen molar-refractivity contribution in [2.24, 2.45) is 0 Å². The summed E-state index contributed by atoms with van der Waals surface area (Å²) in [5, 5.41) is 11.6. The van der Waals surface area contributed by atoms with Crippen LogP contribution in [-0.4, -0.2) is 39.5 Å². The van der Waals surface area contributed by atoms with Gasteiger partial charge in [0.1, 0.15) is 5.69 Å². The number of likely N-dealkylation sites (tertiary alicyclic amines) is 1. The van der Waals surface area contributed by atoms with Crippen molar-refractivity contribution in [2.45, 2.75) is 51.5 Å². The lowest BCUT2D eigenvalue weighted by Gasteiger charge is -2.22. The van der Waals surface area contributed by atoms with Crippen LogP contribution in [0.4, 0.5) is 0 Å². The average Bonchev–Trinajstić information content (AvgIpc) is 2.94. The molecular formula is C14H20N2O3S. The Bertz CT molecular complexity index is 519. The van der Waals surface area contributed by atoms with Gasteiger partial charge >= 0.3 is 5.97 Å². The second-order valence-electron chi connectivity index (χ2n) is 6.18. The summed E-state index contributed by atoms with van der Waals surface area (Å²) in [6.45, 7) is 6.80. The number of hydrogen-bond acceptors (Lipinski definition) is 4. The van der Waals surface area contributed by atoms with E-state index < -0.39 is 5.97 Å². The zero-order valence-corrected chi connectivity index (χ0v) is 12.9. The van der Waals surface area contributed by atoms with Crippen molar-refractivity contribution < 1.29 is 14.7 Å². The Hall–Kier alpha value is -1.43. The minimum Gasteiger partial charge on any atom is -0.481 e. The maximum absolute atomic E-state index is 12.5. The fourth-order valence-electron chi connectivity index (χ4n) is 2.38. The number of thiazole rings is 1. The van der Waals surface area contributed by atoms with Crippen LogP contribution in [0, 0.1) is 0 Å². The molecule has 110 valence electrons. The van der Waals surface area contributed by atoms with Gasteiger partial charge in [-0.2, -0.15) is 0 Å². The molecule has 1 aliphatic heterocycles. The van der Waals surface area contributed by atoms with E-state index in [2.05, 4.69) is 25.8 Å². The van der Waals surface area contributed by atoms with Crippen LogP contribution in [-0.2, 0) is 10.2 Å². The van der Waals surface area contributed by atoms with E-state index in [0.29, 0.717) is 12.2 Å². The molecule has 1 amide bonds. The molecule has 2 rings (SSSR count). The minimum atomic E-state index is -0.858. The van der Waals surface area contributed by atoms with Gasteiger partial charge < -0.3 is 10.0 Å². The van der Waals surface area contributed by atoms with Crippen LogP contribution >= 0.6 is 11.3 Å². The number of aromatic nitrogens is 1. The summed E-state index contributed by atoms with van der Waals surface area (Å²) in [7, 11) is 0. The Morgan fingerprint density at radius 1 is 1.50 bits per heavy atom. The number of amides is 1. The summed E-state index contributed by atoms with van der Waals surface area (Å²) in [5.74, 6) is -0.996. The number of aliphatic carboxylic acids is 1. The molecule has 1 N–H and O–H groups in total. The maximum Gasteiger partial charge on any atom is 0.305 e. The lowest BCUT2D eigenvalue weighted by Crippen LogP contribution is -2.37. The lowest BCUT2D eigenvalue weighted by atomic mass is 9.98. The van der Waals surface area contributed by atoms with Gasteiger partial charge in [-0.05, 0) is 12.8 Å². The summed E-state index contributed by atoms with van der Waals surface area (Å²) in [4.78, 5) is 29.4. The van der Waals surface area contributed by atoms with Crippen LogP contribution in [0.3, 0.4) is 0 Å². The predicted molar refractivity (Wildman–Crippen MR) is 77.1 cm³/mol. The van der Waals surface area contributed by atoms with E-state index in [1.165, 1.54) is 11.3 Å². The normalized spacial score (nSPS) is 19.4. The van der Waals surface area contributed by atoms with Gasteiger partial charge in [0.25, 0.3) is 5.91 Å². The molecule has 1 aliphatic rings. The maximum atomic E-state index is 12.5. The summed E-state index contributed by atoms with van der Waals surface area (Å²) in [5.41, 5.74) is 0.367. The fourth-order valence-corrected chi connectivity index (χ4v) is 3.26. The number of carbonyl (C=O) groups is 2. The molecule has 1 unspecified atom stereocenters. The molecule has 1 atom stereocenters.